The number of amidine groups is 1. The lowest BCUT2D eigenvalue weighted by molar-refractivity contribution is -0.129. The van der Waals surface area contributed by atoms with Crippen LogP contribution in [-0.4, -0.2) is 36.4 Å². The minimum absolute atomic E-state index is 0.0139. The Balaban J connectivity index is 1.70. The van der Waals surface area contributed by atoms with Gasteiger partial charge in [-0.05, 0) is 30.7 Å². The summed E-state index contributed by atoms with van der Waals surface area (Å²) in [7, 11) is 0. The molecule has 0 radical (unpaired) electrons. The number of benzene rings is 1. The lowest BCUT2D eigenvalue weighted by atomic mass is 9.66. The molecule has 0 aliphatic carbocycles. The Hall–Kier alpha value is -2.31. The highest BCUT2D eigenvalue weighted by molar-refractivity contribution is 6.30. The molecule has 3 aliphatic heterocycles. The van der Waals surface area contributed by atoms with Crippen molar-refractivity contribution >= 4 is 17.6 Å². The molecule has 2 unspecified atom stereocenters. The Labute approximate surface area is 162 Å². The number of halogens is 1. The molecule has 1 saturated heterocycles. The Morgan fingerprint density at radius 2 is 2.11 bits per heavy atom. The fourth-order valence-electron chi connectivity index (χ4n) is 4.50. The smallest absolute Gasteiger partial charge is 0.283 e. The molecule has 1 fully saturated rings. The number of fused-ring (bicyclic) bond motifs is 4. The molecular formula is C20H20ClN3O3. The topological polar surface area (TPSA) is 79.0 Å². The summed E-state index contributed by atoms with van der Waals surface area (Å²) in [5, 5.41) is 0.593. The maximum Gasteiger partial charge on any atom is 0.283 e. The van der Waals surface area contributed by atoms with Gasteiger partial charge in [0.2, 0.25) is 0 Å². The van der Waals surface area contributed by atoms with Crippen LogP contribution in [0, 0.1) is 5.92 Å². The van der Waals surface area contributed by atoms with Gasteiger partial charge in [0.15, 0.2) is 0 Å². The molecule has 0 bridgehead atoms. The summed E-state index contributed by atoms with van der Waals surface area (Å²) in [6.45, 7) is 3.74. The van der Waals surface area contributed by atoms with Crippen molar-refractivity contribution in [1.29, 1.82) is 0 Å². The molecule has 27 heavy (non-hydrogen) atoms. The Kier molecular flexibility index (Phi) is 3.64. The van der Waals surface area contributed by atoms with Gasteiger partial charge in [0.25, 0.3) is 6.02 Å². The van der Waals surface area contributed by atoms with Crippen molar-refractivity contribution in [3.8, 4) is 16.9 Å². The van der Waals surface area contributed by atoms with E-state index in [1.54, 1.807) is 12.4 Å². The quantitative estimate of drug-likeness (QED) is 0.815. The molecule has 4 heterocycles. The number of aliphatic imine (C=N–C) groups is 1. The van der Waals surface area contributed by atoms with Gasteiger partial charge < -0.3 is 19.9 Å². The molecule has 1 aromatic carbocycles. The van der Waals surface area contributed by atoms with Gasteiger partial charge >= 0.3 is 0 Å². The van der Waals surface area contributed by atoms with Gasteiger partial charge in [0.1, 0.15) is 23.5 Å². The third kappa shape index (κ3) is 2.51. The molecule has 1 aromatic heterocycles. The predicted molar refractivity (Wildman–Crippen MR) is 102 cm³/mol. The van der Waals surface area contributed by atoms with E-state index in [-0.39, 0.29) is 17.5 Å². The number of aromatic nitrogens is 1. The van der Waals surface area contributed by atoms with Crippen LogP contribution in [0.2, 0.25) is 5.02 Å². The molecule has 3 atom stereocenters. The van der Waals surface area contributed by atoms with Gasteiger partial charge in [-0.15, -0.1) is 0 Å². The van der Waals surface area contributed by atoms with Crippen molar-refractivity contribution in [2.45, 2.75) is 24.5 Å². The van der Waals surface area contributed by atoms with E-state index in [0.717, 1.165) is 28.9 Å². The molecule has 3 aliphatic rings. The van der Waals surface area contributed by atoms with Crippen molar-refractivity contribution in [2.75, 3.05) is 19.8 Å². The minimum Gasteiger partial charge on any atom is -0.487 e. The van der Waals surface area contributed by atoms with E-state index in [1.807, 2.05) is 18.2 Å². The van der Waals surface area contributed by atoms with Crippen LogP contribution in [0.5, 0.6) is 5.75 Å². The number of ether oxygens (including phenoxy) is 3. The van der Waals surface area contributed by atoms with Gasteiger partial charge in [-0.25, -0.2) is 4.99 Å². The Bertz CT molecular complexity index is 950. The molecule has 5 rings (SSSR count). The van der Waals surface area contributed by atoms with Gasteiger partial charge in [-0.3, -0.25) is 4.98 Å². The zero-order valence-electron chi connectivity index (χ0n) is 14.9. The van der Waals surface area contributed by atoms with Gasteiger partial charge in [-0.1, -0.05) is 17.7 Å². The van der Waals surface area contributed by atoms with Crippen molar-refractivity contribution in [3.05, 3.63) is 47.2 Å². The second-order valence-electron chi connectivity index (χ2n) is 7.56. The number of nitrogens with zero attached hydrogens (tertiary/aromatic N) is 2. The van der Waals surface area contributed by atoms with Crippen molar-refractivity contribution in [1.82, 2.24) is 4.98 Å². The molecule has 6 nitrogen and oxygen atoms in total. The number of pyridine rings is 1. The van der Waals surface area contributed by atoms with Crippen LogP contribution in [0.1, 0.15) is 18.9 Å². The van der Waals surface area contributed by atoms with Gasteiger partial charge in [0.05, 0.1) is 24.2 Å². The third-order valence-corrected chi connectivity index (χ3v) is 6.12. The maximum absolute atomic E-state index is 6.47. The van der Waals surface area contributed by atoms with Crippen molar-refractivity contribution in [3.63, 3.8) is 0 Å². The predicted octanol–water partition coefficient (Wildman–Crippen LogP) is 3.13. The zero-order chi connectivity index (χ0) is 18.6. The lowest BCUT2D eigenvalue weighted by Gasteiger charge is -2.52. The molecular weight excluding hydrogens is 366 g/mol. The van der Waals surface area contributed by atoms with Gasteiger partial charge in [0, 0.05) is 29.9 Å². The zero-order valence-corrected chi connectivity index (χ0v) is 15.7. The summed E-state index contributed by atoms with van der Waals surface area (Å²) in [4.78, 5) is 8.97. The van der Waals surface area contributed by atoms with E-state index in [4.69, 9.17) is 36.5 Å². The van der Waals surface area contributed by atoms with Crippen molar-refractivity contribution in [2.24, 2.45) is 16.6 Å². The molecule has 1 spiro atoms. The largest absolute Gasteiger partial charge is 0.487 e. The highest BCUT2D eigenvalue weighted by atomic mass is 35.5. The van der Waals surface area contributed by atoms with Crippen LogP contribution >= 0.6 is 11.6 Å². The molecule has 2 aromatic rings. The molecule has 0 saturated carbocycles. The van der Waals surface area contributed by atoms with Crippen LogP contribution in [0.3, 0.4) is 0 Å². The first kappa shape index (κ1) is 16.8. The van der Waals surface area contributed by atoms with E-state index >= 15 is 0 Å². The number of hydrogen-bond donors (Lipinski definition) is 1. The first-order chi connectivity index (χ1) is 13.0. The van der Waals surface area contributed by atoms with E-state index in [9.17, 15) is 0 Å². The van der Waals surface area contributed by atoms with E-state index in [2.05, 4.69) is 18.0 Å². The molecule has 140 valence electrons. The highest BCUT2D eigenvalue weighted by Crippen LogP contribution is 2.54. The molecule has 2 N–H and O–H groups in total. The fourth-order valence-corrected chi connectivity index (χ4v) is 4.67. The number of hydrogen-bond acceptors (Lipinski definition) is 6. The third-order valence-electron chi connectivity index (χ3n) is 5.92. The maximum atomic E-state index is 6.47. The Morgan fingerprint density at radius 1 is 1.22 bits per heavy atom. The SMILES string of the molecule is CC12CCOC[C@H]1C1(COC(N)=N1)c1cc(-c3cncc(Cl)c3)ccc1O2. The summed E-state index contributed by atoms with van der Waals surface area (Å²) in [5.74, 6) is 0.830. The van der Waals surface area contributed by atoms with Crippen molar-refractivity contribution < 1.29 is 14.2 Å². The van der Waals surface area contributed by atoms with E-state index in [0.29, 0.717) is 24.8 Å². The summed E-state index contributed by atoms with van der Waals surface area (Å²) in [6, 6.07) is 8.21. The number of rotatable bonds is 1. The fraction of sp³-hybridized carbons (Fsp3) is 0.400. The van der Waals surface area contributed by atoms with E-state index < -0.39 is 5.54 Å². The average Bonchev–Trinajstić information content (AvgIpc) is 3.04. The molecule has 0 amide bonds. The van der Waals surface area contributed by atoms with Crippen LogP contribution in [0.4, 0.5) is 0 Å². The van der Waals surface area contributed by atoms with Crippen LogP contribution in [-0.2, 0) is 15.0 Å². The summed E-state index contributed by atoms with van der Waals surface area (Å²) in [6.07, 6.45) is 4.21. The Morgan fingerprint density at radius 3 is 2.89 bits per heavy atom. The number of nitrogens with two attached hydrogens (primary N) is 1. The summed E-state index contributed by atoms with van der Waals surface area (Å²) >= 11 is 6.13. The van der Waals surface area contributed by atoms with Crippen LogP contribution < -0.4 is 10.5 Å². The monoisotopic (exact) mass is 385 g/mol. The highest BCUT2D eigenvalue weighted by Gasteiger charge is 2.59. The first-order valence-corrected chi connectivity index (χ1v) is 9.38. The molecule has 7 heteroatoms. The summed E-state index contributed by atoms with van der Waals surface area (Å²) in [5.41, 5.74) is 7.85. The first-order valence-electron chi connectivity index (χ1n) is 9.01. The second-order valence-corrected chi connectivity index (χ2v) is 7.99. The normalized spacial score (nSPS) is 31.5. The summed E-state index contributed by atoms with van der Waals surface area (Å²) < 4.78 is 17.9. The van der Waals surface area contributed by atoms with E-state index in [1.165, 1.54) is 0 Å². The minimum atomic E-state index is -0.616. The second kappa shape index (κ2) is 5.84. The van der Waals surface area contributed by atoms with Gasteiger partial charge in [-0.2, -0.15) is 0 Å². The average molecular weight is 386 g/mol. The van der Waals surface area contributed by atoms with Crippen LogP contribution in [0.15, 0.2) is 41.7 Å². The standard InChI is InChI=1S/C20H20ClN3O3/c1-19-4-5-25-10-17(19)20(11-26-18(22)24-20)15-7-12(2-3-16(15)27-19)13-6-14(21)9-23-8-13/h2-3,6-9,17H,4-5,10-11H2,1H3,(H2,22,24)/t17-,19?,20?/m1/s1. The van der Waals surface area contributed by atoms with Crippen LogP contribution in [0.25, 0.3) is 11.1 Å². The lowest BCUT2D eigenvalue weighted by Crippen LogP contribution is -2.59.